The second kappa shape index (κ2) is 13.0. The minimum atomic E-state index is -2.01. The molecule has 0 radical (unpaired) electrons. The lowest BCUT2D eigenvalue weighted by molar-refractivity contribution is -0.268. The van der Waals surface area contributed by atoms with E-state index in [2.05, 4.69) is 18.3 Å². The second-order valence-corrected chi connectivity index (χ2v) is 14.1. The highest BCUT2D eigenvalue weighted by Gasteiger charge is 2.38. The van der Waals surface area contributed by atoms with Crippen LogP contribution in [0.2, 0.25) is 0 Å². The van der Waals surface area contributed by atoms with Gasteiger partial charge in [0.2, 0.25) is 0 Å². The number of carbonyl (C=O) groups is 1. The summed E-state index contributed by atoms with van der Waals surface area (Å²) in [6.45, 7) is 2.35. The minimum Gasteiger partial charge on any atom is -0.392 e. The van der Waals surface area contributed by atoms with E-state index in [0.29, 0.717) is 5.75 Å². The highest BCUT2D eigenvalue weighted by Crippen LogP contribution is 2.43. The summed E-state index contributed by atoms with van der Waals surface area (Å²) in [6, 6.07) is 23.6. The molecule has 1 fully saturated rings. The molecule has 1 aliphatic rings. The number of fused-ring (bicyclic) bond motifs is 1. The summed E-state index contributed by atoms with van der Waals surface area (Å²) in [7, 11) is 0. The van der Waals surface area contributed by atoms with Crippen LogP contribution in [0, 0.1) is 5.92 Å². The first-order chi connectivity index (χ1) is 19.2. The predicted molar refractivity (Wildman–Crippen MR) is 162 cm³/mol. The van der Waals surface area contributed by atoms with Gasteiger partial charge in [-0.3, -0.25) is 4.79 Å². The van der Waals surface area contributed by atoms with Gasteiger partial charge in [0.25, 0.3) is 9.70 Å². The highest BCUT2D eigenvalue weighted by molar-refractivity contribution is 8.01. The molecule has 0 aliphatic carbocycles. The summed E-state index contributed by atoms with van der Waals surface area (Å²) in [5.41, 5.74) is 4.57. The zero-order valence-corrected chi connectivity index (χ0v) is 25.3. The maximum absolute atomic E-state index is 11.9. The normalized spacial score (nSPS) is 21.4. The molecule has 2 heterocycles. The molecular weight excluding hydrogens is 611 g/mol. The number of benzene rings is 3. The number of hydrogen-bond acceptors (Lipinski definition) is 7. The standard InChI is InChI=1S/C29H27Cl3N2O4S2/c1-17-23(16-39-28-34-22-4-2-3-5-24(22)40-28)37-26(38-25(17)20-10-8-19(15-35)9-11-20)21-12-6-18(7-13-21)14-33-27(36)29(30,31)32/h2-13,17,23,25-26,35H,14-16H2,1H3,(H,33,36)/t17-,23+,25+,26+/m0/s1. The Hall–Kier alpha value is -1.88. The average molecular weight is 638 g/mol. The Labute approximate surface area is 255 Å². The maximum Gasteiger partial charge on any atom is 0.272 e. The molecule has 4 atom stereocenters. The van der Waals surface area contributed by atoms with Crippen LogP contribution < -0.4 is 5.32 Å². The van der Waals surface area contributed by atoms with Crippen molar-refractivity contribution in [1.29, 1.82) is 0 Å². The van der Waals surface area contributed by atoms with Crippen LogP contribution >= 0.6 is 57.9 Å². The number of para-hydroxylation sites is 1. The van der Waals surface area contributed by atoms with Gasteiger partial charge in [-0.2, -0.15) is 0 Å². The number of carbonyl (C=O) groups excluding carboxylic acids is 1. The molecule has 40 heavy (non-hydrogen) atoms. The van der Waals surface area contributed by atoms with Gasteiger partial charge in [0.15, 0.2) is 10.6 Å². The molecule has 0 saturated carbocycles. The van der Waals surface area contributed by atoms with Gasteiger partial charge in [0.05, 0.1) is 29.0 Å². The van der Waals surface area contributed by atoms with E-state index in [4.69, 9.17) is 49.3 Å². The van der Waals surface area contributed by atoms with Crippen LogP contribution in [0.1, 0.15) is 41.6 Å². The van der Waals surface area contributed by atoms with Crippen LogP contribution in [0.15, 0.2) is 77.1 Å². The number of thiazole rings is 1. The molecule has 1 amide bonds. The summed E-state index contributed by atoms with van der Waals surface area (Å²) < 4.78 is 13.2. The quantitative estimate of drug-likeness (QED) is 0.155. The number of aliphatic hydroxyl groups excluding tert-OH is 1. The predicted octanol–water partition coefficient (Wildman–Crippen LogP) is 7.36. The lowest BCUT2D eigenvalue weighted by Gasteiger charge is -2.41. The fourth-order valence-electron chi connectivity index (χ4n) is 4.45. The van der Waals surface area contributed by atoms with Gasteiger partial charge in [0.1, 0.15) is 0 Å². The van der Waals surface area contributed by atoms with E-state index in [-0.39, 0.29) is 31.3 Å². The molecule has 3 aromatic carbocycles. The number of nitrogens with zero attached hydrogens (tertiary/aromatic N) is 1. The van der Waals surface area contributed by atoms with Crippen molar-refractivity contribution in [2.24, 2.45) is 5.92 Å². The van der Waals surface area contributed by atoms with E-state index in [0.717, 1.165) is 36.8 Å². The largest absolute Gasteiger partial charge is 0.392 e. The van der Waals surface area contributed by atoms with E-state index < -0.39 is 16.0 Å². The van der Waals surface area contributed by atoms with Crippen LogP contribution in [0.4, 0.5) is 0 Å². The molecule has 5 rings (SSSR count). The van der Waals surface area contributed by atoms with Crippen molar-refractivity contribution in [3.63, 3.8) is 0 Å². The van der Waals surface area contributed by atoms with Crippen LogP contribution in [0.25, 0.3) is 10.2 Å². The van der Waals surface area contributed by atoms with Gasteiger partial charge in [-0.15, -0.1) is 11.3 Å². The number of aromatic nitrogens is 1. The summed E-state index contributed by atoms with van der Waals surface area (Å²) in [5, 5.41) is 12.1. The van der Waals surface area contributed by atoms with Crippen molar-refractivity contribution >= 4 is 74.0 Å². The van der Waals surface area contributed by atoms with Gasteiger partial charge >= 0.3 is 0 Å². The van der Waals surface area contributed by atoms with E-state index in [1.54, 1.807) is 23.1 Å². The zero-order valence-electron chi connectivity index (χ0n) is 21.4. The molecule has 0 bridgehead atoms. The molecule has 2 N–H and O–H groups in total. The minimum absolute atomic E-state index is 0.0109. The molecule has 11 heteroatoms. The summed E-state index contributed by atoms with van der Waals surface area (Å²) in [4.78, 5) is 16.6. The molecule has 0 spiro atoms. The third-order valence-corrected chi connectivity index (χ3v) is 9.51. The van der Waals surface area contributed by atoms with Gasteiger partial charge in [-0.25, -0.2) is 4.98 Å². The Morgan fingerprint density at radius 3 is 2.35 bits per heavy atom. The van der Waals surface area contributed by atoms with Gasteiger partial charge in [0, 0.05) is 23.8 Å². The molecule has 1 aromatic heterocycles. The van der Waals surface area contributed by atoms with Crippen LogP contribution in [-0.4, -0.2) is 31.6 Å². The van der Waals surface area contributed by atoms with Gasteiger partial charge in [-0.05, 0) is 28.8 Å². The molecule has 0 unspecified atom stereocenters. The summed E-state index contributed by atoms with van der Waals surface area (Å²) >= 11 is 20.3. The second-order valence-electron chi connectivity index (χ2n) is 9.50. The first-order valence-corrected chi connectivity index (χ1v) is 15.6. The average Bonchev–Trinajstić information content (AvgIpc) is 3.38. The van der Waals surface area contributed by atoms with E-state index in [9.17, 15) is 9.90 Å². The van der Waals surface area contributed by atoms with Crippen LogP contribution in [0.3, 0.4) is 0 Å². The SMILES string of the molecule is C[C@H]1[C@@H](CSc2nc3ccccc3s2)O[C@@H](c2ccc(CNC(=O)C(Cl)(Cl)Cl)cc2)O[C@H]1c1ccc(CO)cc1. The Kier molecular flexibility index (Phi) is 9.60. The molecule has 4 aromatic rings. The van der Waals surface area contributed by atoms with E-state index >= 15 is 0 Å². The van der Waals surface area contributed by atoms with E-state index in [1.807, 2.05) is 66.7 Å². The third-order valence-electron chi connectivity index (χ3n) is 6.73. The number of alkyl halides is 3. The number of rotatable bonds is 8. The number of ether oxygens (including phenoxy) is 2. The number of amides is 1. The molecule has 210 valence electrons. The lowest BCUT2D eigenvalue weighted by Crippen LogP contribution is -2.38. The van der Waals surface area contributed by atoms with Crippen LogP contribution in [-0.2, 0) is 27.4 Å². The number of halogens is 3. The van der Waals surface area contributed by atoms with Crippen LogP contribution in [0.5, 0.6) is 0 Å². The molecule has 1 aliphatic heterocycles. The van der Waals surface area contributed by atoms with Crippen molar-refractivity contribution in [2.45, 2.75) is 46.7 Å². The topological polar surface area (TPSA) is 80.7 Å². The maximum atomic E-state index is 11.9. The molecule has 6 nitrogen and oxygen atoms in total. The summed E-state index contributed by atoms with van der Waals surface area (Å²) in [6.07, 6.45) is -0.915. The Morgan fingerprint density at radius 1 is 1.00 bits per heavy atom. The first kappa shape index (κ1) is 29.6. The van der Waals surface area contributed by atoms with Gasteiger partial charge < -0.3 is 19.9 Å². The smallest absolute Gasteiger partial charge is 0.272 e. The van der Waals surface area contributed by atoms with Crippen molar-refractivity contribution in [3.05, 3.63) is 95.1 Å². The number of hydrogen-bond donors (Lipinski definition) is 2. The Bertz CT molecular complexity index is 1410. The number of nitrogens with one attached hydrogen (secondary N) is 1. The number of thioether (sulfide) groups is 1. The van der Waals surface area contributed by atoms with Crippen molar-refractivity contribution in [1.82, 2.24) is 10.3 Å². The zero-order chi connectivity index (χ0) is 28.3. The highest BCUT2D eigenvalue weighted by atomic mass is 35.6. The number of aliphatic hydroxyl groups is 1. The molecule has 1 saturated heterocycles. The molecular formula is C29H27Cl3N2O4S2. The van der Waals surface area contributed by atoms with Gasteiger partial charge in [-0.1, -0.05) is 114 Å². The lowest BCUT2D eigenvalue weighted by atomic mass is 9.91. The fourth-order valence-corrected chi connectivity index (χ4v) is 6.91. The van der Waals surface area contributed by atoms with Crippen molar-refractivity contribution < 1.29 is 19.4 Å². The first-order valence-electron chi connectivity index (χ1n) is 12.6. The van der Waals surface area contributed by atoms with E-state index in [1.165, 1.54) is 0 Å². The van der Waals surface area contributed by atoms with Crippen molar-refractivity contribution in [3.8, 4) is 0 Å². The summed E-state index contributed by atoms with van der Waals surface area (Å²) in [5.74, 6) is 0.0975. The Morgan fingerprint density at radius 2 is 1.68 bits per heavy atom. The fraction of sp³-hybridized carbons (Fsp3) is 0.310. The van der Waals surface area contributed by atoms with Crippen molar-refractivity contribution in [2.75, 3.05) is 5.75 Å². The monoisotopic (exact) mass is 636 g/mol. The third kappa shape index (κ3) is 7.12. The Balaban J connectivity index is 1.33.